The van der Waals surface area contributed by atoms with Gasteiger partial charge in [0.05, 0.1) is 11.9 Å². The predicted molar refractivity (Wildman–Crippen MR) is 72.0 cm³/mol. The van der Waals surface area contributed by atoms with E-state index in [-0.39, 0.29) is 0 Å². The van der Waals surface area contributed by atoms with Crippen LogP contribution in [0.5, 0.6) is 0 Å². The molecule has 0 aliphatic heterocycles. The summed E-state index contributed by atoms with van der Waals surface area (Å²) in [7, 11) is 0. The van der Waals surface area contributed by atoms with Crippen molar-refractivity contribution >= 4 is 11.0 Å². The van der Waals surface area contributed by atoms with Gasteiger partial charge in [-0.25, -0.2) is 4.98 Å². The number of rotatable bonds is 2. The highest BCUT2D eigenvalue weighted by Crippen LogP contribution is 2.19. The molecular formula is C13H9N7. The number of H-pyrrole nitrogens is 1. The van der Waals surface area contributed by atoms with Crippen molar-refractivity contribution in [3.63, 3.8) is 0 Å². The van der Waals surface area contributed by atoms with E-state index < -0.39 is 0 Å². The van der Waals surface area contributed by atoms with Crippen molar-refractivity contribution in [3.8, 4) is 17.2 Å². The zero-order chi connectivity index (χ0) is 13.4. The van der Waals surface area contributed by atoms with Gasteiger partial charge in [-0.2, -0.15) is 5.21 Å². The van der Waals surface area contributed by atoms with Crippen LogP contribution in [0.15, 0.2) is 48.9 Å². The molecule has 7 heteroatoms. The van der Waals surface area contributed by atoms with Crippen LogP contribution >= 0.6 is 0 Å². The molecule has 4 rings (SSSR count). The fourth-order valence-electron chi connectivity index (χ4n) is 2.11. The maximum Gasteiger partial charge on any atom is 0.222 e. The number of tetrazole rings is 1. The van der Waals surface area contributed by atoms with E-state index in [2.05, 4.69) is 30.6 Å². The quantitative estimate of drug-likeness (QED) is 0.593. The third kappa shape index (κ3) is 1.64. The average Bonchev–Trinajstić information content (AvgIpc) is 3.17. The molecule has 0 aliphatic carbocycles. The molecule has 4 aromatic heterocycles. The number of hydrogen-bond donors (Lipinski definition) is 1. The Labute approximate surface area is 113 Å². The molecule has 4 aromatic rings. The lowest BCUT2D eigenvalue weighted by Crippen LogP contribution is -1.95. The maximum absolute atomic E-state index is 4.39. The minimum Gasteiger partial charge on any atom is -0.300 e. The smallest absolute Gasteiger partial charge is 0.222 e. The summed E-state index contributed by atoms with van der Waals surface area (Å²) in [6.45, 7) is 0. The molecule has 1 N–H and O–H groups in total. The Morgan fingerprint density at radius 1 is 1.05 bits per heavy atom. The summed E-state index contributed by atoms with van der Waals surface area (Å²) in [6, 6.07) is 9.78. The first-order valence-corrected chi connectivity index (χ1v) is 6.04. The van der Waals surface area contributed by atoms with Crippen LogP contribution in [0.25, 0.3) is 28.2 Å². The van der Waals surface area contributed by atoms with Crippen molar-refractivity contribution in [2.75, 3.05) is 0 Å². The Bertz CT molecular complexity index is 846. The monoisotopic (exact) mass is 263 g/mol. The van der Waals surface area contributed by atoms with Gasteiger partial charge in [0.1, 0.15) is 11.3 Å². The number of pyridine rings is 2. The molecule has 7 nitrogen and oxygen atoms in total. The molecule has 0 bridgehead atoms. The molecule has 0 unspecified atom stereocenters. The lowest BCUT2D eigenvalue weighted by atomic mass is 10.3. The lowest BCUT2D eigenvalue weighted by molar-refractivity contribution is 0.881. The standard InChI is InChI=1S/C13H9N7/c1-2-9-5-7-20(13(9)14-6-1)10-3-4-11(15-8-10)12-16-18-19-17-12/h1-8H,(H,16,17,18,19). The third-order valence-electron chi connectivity index (χ3n) is 3.05. The van der Waals surface area contributed by atoms with Crippen molar-refractivity contribution in [2.24, 2.45) is 0 Å². The number of aromatic nitrogens is 7. The van der Waals surface area contributed by atoms with E-state index in [1.165, 1.54) is 0 Å². The van der Waals surface area contributed by atoms with Crippen molar-refractivity contribution in [1.29, 1.82) is 0 Å². The zero-order valence-corrected chi connectivity index (χ0v) is 10.3. The highest BCUT2D eigenvalue weighted by atomic mass is 15.5. The van der Waals surface area contributed by atoms with Gasteiger partial charge < -0.3 is 0 Å². The second-order valence-corrected chi connectivity index (χ2v) is 4.24. The Kier molecular flexibility index (Phi) is 2.28. The van der Waals surface area contributed by atoms with Gasteiger partial charge in [0.15, 0.2) is 0 Å². The van der Waals surface area contributed by atoms with Gasteiger partial charge in [-0.3, -0.25) is 9.55 Å². The van der Waals surface area contributed by atoms with E-state index in [9.17, 15) is 0 Å². The minimum absolute atomic E-state index is 0.479. The van der Waals surface area contributed by atoms with Crippen molar-refractivity contribution in [2.45, 2.75) is 0 Å². The molecule has 0 aromatic carbocycles. The summed E-state index contributed by atoms with van der Waals surface area (Å²) < 4.78 is 1.99. The largest absolute Gasteiger partial charge is 0.300 e. The minimum atomic E-state index is 0.479. The van der Waals surface area contributed by atoms with Crippen LogP contribution in [0, 0.1) is 0 Å². The van der Waals surface area contributed by atoms with E-state index in [1.807, 2.05) is 41.1 Å². The van der Waals surface area contributed by atoms with Gasteiger partial charge in [-0.15, -0.1) is 10.2 Å². The van der Waals surface area contributed by atoms with E-state index >= 15 is 0 Å². The molecule has 0 spiro atoms. The molecule has 20 heavy (non-hydrogen) atoms. The lowest BCUT2D eigenvalue weighted by Gasteiger charge is -2.04. The van der Waals surface area contributed by atoms with Gasteiger partial charge in [0, 0.05) is 17.8 Å². The van der Waals surface area contributed by atoms with Gasteiger partial charge >= 0.3 is 0 Å². The van der Waals surface area contributed by atoms with Crippen molar-refractivity contribution in [3.05, 3.63) is 48.9 Å². The normalized spacial score (nSPS) is 11.0. The molecule has 0 aliphatic rings. The summed E-state index contributed by atoms with van der Waals surface area (Å²) in [5, 5.41) is 14.8. The van der Waals surface area contributed by atoms with Crippen LogP contribution in [0.3, 0.4) is 0 Å². The van der Waals surface area contributed by atoms with Crippen LogP contribution < -0.4 is 0 Å². The molecule has 0 fully saturated rings. The second kappa shape index (κ2) is 4.23. The summed E-state index contributed by atoms with van der Waals surface area (Å²) in [5.41, 5.74) is 2.51. The highest BCUT2D eigenvalue weighted by molar-refractivity contribution is 5.77. The topological polar surface area (TPSA) is 85.2 Å². The van der Waals surface area contributed by atoms with Crippen molar-refractivity contribution in [1.82, 2.24) is 35.2 Å². The van der Waals surface area contributed by atoms with E-state index in [0.29, 0.717) is 11.5 Å². The van der Waals surface area contributed by atoms with Gasteiger partial charge in [-0.1, -0.05) is 0 Å². The average molecular weight is 263 g/mol. The first-order chi connectivity index (χ1) is 9.92. The summed E-state index contributed by atoms with van der Waals surface area (Å²) in [5.74, 6) is 0.479. The summed E-state index contributed by atoms with van der Waals surface area (Å²) in [4.78, 5) is 8.74. The Balaban J connectivity index is 1.79. The van der Waals surface area contributed by atoms with Crippen LogP contribution in [0.4, 0.5) is 0 Å². The summed E-state index contributed by atoms with van der Waals surface area (Å²) >= 11 is 0. The van der Waals surface area contributed by atoms with Crippen LogP contribution in [0.1, 0.15) is 0 Å². The fourth-order valence-corrected chi connectivity index (χ4v) is 2.11. The van der Waals surface area contributed by atoms with Gasteiger partial charge in [0.2, 0.25) is 5.82 Å². The first kappa shape index (κ1) is 10.8. The fraction of sp³-hybridized carbons (Fsp3) is 0. The highest BCUT2D eigenvalue weighted by Gasteiger charge is 2.07. The maximum atomic E-state index is 4.39. The van der Waals surface area contributed by atoms with Crippen LogP contribution in [-0.2, 0) is 0 Å². The Morgan fingerprint density at radius 3 is 2.85 bits per heavy atom. The molecular weight excluding hydrogens is 254 g/mol. The molecule has 96 valence electrons. The van der Waals surface area contributed by atoms with E-state index in [4.69, 9.17) is 0 Å². The molecule has 0 atom stereocenters. The third-order valence-corrected chi connectivity index (χ3v) is 3.05. The van der Waals surface area contributed by atoms with Crippen LogP contribution in [-0.4, -0.2) is 35.2 Å². The summed E-state index contributed by atoms with van der Waals surface area (Å²) in [6.07, 6.45) is 5.52. The molecule has 0 saturated carbocycles. The molecule has 0 radical (unpaired) electrons. The van der Waals surface area contributed by atoms with E-state index in [0.717, 1.165) is 16.7 Å². The number of hydrogen-bond acceptors (Lipinski definition) is 5. The number of nitrogens with one attached hydrogen (secondary N) is 1. The molecule has 0 amide bonds. The second-order valence-electron chi connectivity index (χ2n) is 4.24. The predicted octanol–water partition coefficient (Wildman–Crippen LogP) is 1.60. The number of nitrogens with zero attached hydrogens (tertiary/aromatic N) is 6. The number of aromatic amines is 1. The van der Waals surface area contributed by atoms with Crippen LogP contribution in [0.2, 0.25) is 0 Å². The Morgan fingerprint density at radius 2 is 2.05 bits per heavy atom. The van der Waals surface area contributed by atoms with Crippen molar-refractivity contribution < 1.29 is 0 Å². The van der Waals surface area contributed by atoms with E-state index in [1.54, 1.807) is 12.4 Å². The first-order valence-electron chi connectivity index (χ1n) is 6.04. The Hall–Kier alpha value is -3.09. The van der Waals surface area contributed by atoms with Gasteiger partial charge in [-0.05, 0) is 35.5 Å². The zero-order valence-electron chi connectivity index (χ0n) is 10.3. The van der Waals surface area contributed by atoms with Gasteiger partial charge in [0.25, 0.3) is 0 Å². The molecule has 0 saturated heterocycles. The number of fused-ring (bicyclic) bond motifs is 1. The molecule has 4 heterocycles. The SMILES string of the molecule is c1cnc2c(c1)ccn2-c1ccc(-c2nn[nH]n2)nc1.